The normalized spacial score (nSPS) is 28.0. The van der Waals surface area contributed by atoms with Gasteiger partial charge in [-0.1, -0.05) is 0 Å². The Balaban J connectivity index is 1.62. The van der Waals surface area contributed by atoms with Gasteiger partial charge in [0.25, 0.3) is 5.91 Å². The van der Waals surface area contributed by atoms with E-state index in [4.69, 9.17) is 0 Å². The van der Waals surface area contributed by atoms with Gasteiger partial charge in [-0.15, -0.1) is 0 Å². The van der Waals surface area contributed by atoms with Crippen molar-refractivity contribution in [1.82, 2.24) is 14.8 Å². The Morgan fingerprint density at radius 2 is 1.96 bits per heavy atom. The second kappa shape index (κ2) is 6.55. The summed E-state index contributed by atoms with van der Waals surface area (Å²) in [5, 5.41) is 21.0. The number of aliphatic hydroxyl groups excluding tert-OH is 1. The summed E-state index contributed by atoms with van der Waals surface area (Å²) in [5.74, 6) is -0.210. The minimum atomic E-state index is -1.27. The van der Waals surface area contributed by atoms with E-state index in [1.807, 2.05) is 19.2 Å². The fraction of sp³-hybridized carbons (Fsp3) is 0.647. The molecule has 2 saturated heterocycles. The molecular formula is C17H25N3O3. The second-order valence-electron chi connectivity index (χ2n) is 6.93. The number of nitrogens with zero attached hydrogens (tertiary/aromatic N) is 3. The Morgan fingerprint density at radius 3 is 2.61 bits per heavy atom. The lowest BCUT2D eigenvalue weighted by Gasteiger charge is -2.37. The fourth-order valence-electron chi connectivity index (χ4n) is 3.54. The van der Waals surface area contributed by atoms with E-state index < -0.39 is 11.7 Å². The molecule has 2 N–H and O–H groups in total. The van der Waals surface area contributed by atoms with Crippen LogP contribution in [0.1, 0.15) is 18.4 Å². The van der Waals surface area contributed by atoms with Crippen LogP contribution in [0.25, 0.3) is 0 Å². The van der Waals surface area contributed by atoms with Gasteiger partial charge in [-0.05, 0) is 44.0 Å². The topological polar surface area (TPSA) is 76.9 Å². The van der Waals surface area contributed by atoms with Crippen LogP contribution in [0.3, 0.4) is 0 Å². The number of hydrogen-bond donors (Lipinski definition) is 2. The van der Waals surface area contributed by atoms with Crippen LogP contribution in [0, 0.1) is 5.92 Å². The lowest BCUT2D eigenvalue weighted by atomic mass is 9.90. The van der Waals surface area contributed by atoms with Crippen molar-refractivity contribution < 1.29 is 15.0 Å². The molecule has 6 heteroatoms. The summed E-state index contributed by atoms with van der Waals surface area (Å²) in [6, 6.07) is 3.86. The highest BCUT2D eigenvalue weighted by Crippen LogP contribution is 2.28. The SMILES string of the molecule is CN1CCC(O)(C(=O)N2C[C@@H](Cc3ccncc3)[C@@H](O)C2)CC1. The monoisotopic (exact) mass is 319 g/mol. The third-order valence-electron chi connectivity index (χ3n) is 5.15. The van der Waals surface area contributed by atoms with Crippen LogP contribution in [0.5, 0.6) is 0 Å². The molecule has 23 heavy (non-hydrogen) atoms. The first-order valence-corrected chi connectivity index (χ1v) is 8.25. The van der Waals surface area contributed by atoms with Crippen molar-refractivity contribution in [1.29, 1.82) is 0 Å². The van der Waals surface area contributed by atoms with Crippen molar-refractivity contribution in [2.24, 2.45) is 5.92 Å². The largest absolute Gasteiger partial charge is 0.391 e. The number of aliphatic hydroxyl groups is 2. The first-order chi connectivity index (χ1) is 11.0. The second-order valence-corrected chi connectivity index (χ2v) is 6.93. The minimum Gasteiger partial charge on any atom is -0.391 e. The van der Waals surface area contributed by atoms with Crippen molar-refractivity contribution in [3.63, 3.8) is 0 Å². The minimum absolute atomic E-state index is 0.0104. The molecule has 1 amide bonds. The van der Waals surface area contributed by atoms with Gasteiger partial charge in [0, 0.05) is 44.5 Å². The summed E-state index contributed by atoms with van der Waals surface area (Å²) in [5.41, 5.74) is -0.158. The van der Waals surface area contributed by atoms with Crippen molar-refractivity contribution in [2.45, 2.75) is 31.0 Å². The molecule has 0 bridgehead atoms. The fourth-order valence-corrected chi connectivity index (χ4v) is 3.54. The average Bonchev–Trinajstić information content (AvgIpc) is 2.91. The number of pyridine rings is 1. The summed E-state index contributed by atoms with van der Waals surface area (Å²) in [4.78, 5) is 20.5. The molecule has 126 valence electrons. The highest BCUT2D eigenvalue weighted by molar-refractivity contribution is 5.85. The summed E-state index contributed by atoms with van der Waals surface area (Å²) >= 11 is 0. The number of rotatable bonds is 3. The average molecular weight is 319 g/mol. The Bertz CT molecular complexity index is 543. The zero-order valence-corrected chi connectivity index (χ0v) is 13.6. The van der Waals surface area contributed by atoms with Gasteiger partial charge < -0.3 is 20.0 Å². The lowest BCUT2D eigenvalue weighted by Crippen LogP contribution is -2.54. The van der Waals surface area contributed by atoms with Crippen molar-refractivity contribution in [3.8, 4) is 0 Å². The molecule has 2 aliphatic rings. The number of β-amino-alcohol motifs (C(OH)–C–C–N with tert-alkyl or cyclic N) is 1. The van der Waals surface area contributed by atoms with E-state index in [9.17, 15) is 15.0 Å². The predicted octanol–water partition coefficient (Wildman–Crippen LogP) is -0.0999. The molecular weight excluding hydrogens is 294 g/mol. The third kappa shape index (κ3) is 3.54. The Hall–Kier alpha value is -1.50. The summed E-state index contributed by atoms with van der Waals surface area (Å²) in [6.45, 7) is 2.26. The van der Waals surface area contributed by atoms with Crippen LogP contribution < -0.4 is 0 Å². The molecule has 0 aromatic carbocycles. The van der Waals surface area contributed by atoms with Crippen LogP contribution in [-0.4, -0.2) is 75.8 Å². The molecule has 1 aromatic heterocycles. The highest BCUT2D eigenvalue weighted by Gasteiger charge is 2.45. The van der Waals surface area contributed by atoms with Gasteiger partial charge >= 0.3 is 0 Å². The van der Waals surface area contributed by atoms with Gasteiger partial charge in [0.05, 0.1) is 6.10 Å². The maximum atomic E-state index is 12.7. The summed E-state index contributed by atoms with van der Waals surface area (Å²) < 4.78 is 0. The first kappa shape index (κ1) is 16.4. The van der Waals surface area contributed by atoms with Crippen molar-refractivity contribution in [3.05, 3.63) is 30.1 Å². The molecule has 3 heterocycles. The van der Waals surface area contributed by atoms with Crippen LogP contribution in [0.15, 0.2) is 24.5 Å². The quantitative estimate of drug-likeness (QED) is 0.814. The smallest absolute Gasteiger partial charge is 0.254 e. The number of carbonyl (C=O) groups is 1. The Kier molecular flexibility index (Phi) is 4.66. The van der Waals surface area contributed by atoms with Gasteiger partial charge in [0.15, 0.2) is 0 Å². The number of carbonyl (C=O) groups excluding carboxylic acids is 1. The molecule has 0 spiro atoms. The van der Waals surface area contributed by atoms with Crippen LogP contribution in [0.2, 0.25) is 0 Å². The Labute approximate surface area is 136 Å². The standard InChI is InChI=1S/C17H25N3O3/c1-19-8-4-17(23,5-9-19)16(22)20-11-14(15(21)12-20)10-13-2-6-18-7-3-13/h2-3,6-7,14-15,21,23H,4-5,8-12H2,1H3/t14-,15+/m1/s1. The lowest BCUT2D eigenvalue weighted by molar-refractivity contribution is -0.155. The predicted molar refractivity (Wildman–Crippen MR) is 85.7 cm³/mol. The number of piperidine rings is 1. The molecule has 3 rings (SSSR count). The molecule has 0 unspecified atom stereocenters. The zero-order valence-electron chi connectivity index (χ0n) is 13.6. The maximum absolute atomic E-state index is 12.7. The number of hydrogen-bond acceptors (Lipinski definition) is 5. The molecule has 1 aromatic rings. The third-order valence-corrected chi connectivity index (χ3v) is 5.15. The molecule has 0 radical (unpaired) electrons. The molecule has 2 fully saturated rings. The molecule has 2 atom stereocenters. The van der Waals surface area contributed by atoms with E-state index in [2.05, 4.69) is 9.88 Å². The van der Waals surface area contributed by atoms with E-state index in [0.29, 0.717) is 32.4 Å². The number of amides is 1. The summed E-state index contributed by atoms with van der Waals surface area (Å²) in [7, 11) is 1.99. The van der Waals surface area contributed by atoms with Gasteiger partial charge in [-0.2, -0.15) is 0 Å². The zero-order chi connectivity index (χ0) is 16.4. The van der Waals surface area contributed by atoms with Crippen molar-refractivity contribution in [2.75, 3.05) is 33.2 Å². The van der Waals surface area contributed by atoms with Crippen molar-refractivity contribution >= 4 is 5.91 Å². The number of likely N-dealkylation sites (tertiary alicyclic amines) is 2. The van der Waals surface area contributed by atoms with E-state index >= 15 is 0 Å². The van der Waals surface area contributed by atoms with Crippen LogP contribution in [-0.2, 0) is 11.2 Å². The number of aromatic nitrogens is 1. The highest BCUT2D eigenvalue weighted by atomic mass is 16.3. The van der Waals surface area contributed by atoms with Gasteiger partial charge in [0.1, 0.15) is 5.60 Å². The molecule has 0 aliphatic carbocycles. The van der Waals surface area contributed by atoms with E-state index in [0.717, 1.165) is 18.7 Å². The molecule has 2 aliphatic heterocycles. The summed E-state index contributed by atoms with van der Waals surface area (Å²) in [6.07, 6.45) is 4.58. The van der Waals surface area contributed by atoms with Gasteiger partial charge in [0.2, 0.25) is 0 Å². The van der Waals surface area contributed by atoms with Crippen LogP contribution in [0.4, 0.5) is 0 Å². The van der Waals surface area contributed by atoms with E-state index in [-0.39, 0.29) is 11.8 Å². The first-order valence-electron chi connectivity index (χ1n) is 8.25. The van der Waals surface area contributed by atoms with Gasteiger partial charge in [-0.3, -0.25) is 9.78 Å². The molecule has 6 nitrogen and oxygen atoms in total. The molecule has 0 saturated carbocycles. The van der Waals surface area contributed by atoms with Crippen LogP contribution >= 0.6 is 0 Å². The maximum Gasteiger partial charge on any atom is 0.254 e. The van der Waals surface area contributed by atoms with E-state index in [1.165, 1.54) is 0 Å². The van der Waals surface area contributed by atoms with E-state index in [1.54, 1.807) is 17.3 Å². The van der Waals surface area contributed by atoms with Gasteiger partial charge in [-0.25, -0.2) is 0 Å². The Morgan fingerprint density at radius 1 is 1.30 bits per heavy atom.